The summed E-state index contributed by atoms with van der Waals surface area (Å²) < 4.78 is 5.57. The summed E-state index contributed by atoms with van der Waals surface area (Å²) in [5.74, 6) is -0.147. The van der Waals surface area contributed by atoms with E-state index in [1.807, 2.05) is 19.1 Å². The molecule has 5 heteroatoms. The predicted molar refractivity (Wildman–Crippen MR) is 63.9 cm³/mol. The fourth-order valence-electron chi connectivity index (χ4n) is 1.31. The van der Waals surface area contributed by atoms with Gasteiger partial charge in [0.2, 0.25) is 0 Å². The quantitative estimate of drug-likeness (QED) is 0.912. The molecule has 2 aromatic heterocycles. The van der Waals surface area contributed by atoms with Crippen LogP contribution in [0.3, 0.4) is 0 Å². The maximum absolute atomic E-state index is 11.7. The summed E-state index contributed by atoms with van der Waals surface area (Å²) in [6.45, 7) is 1.92. The van der Waals surface area contributed by atoms with Gasteiger partial charge in [-0.05, 0) is 25.1 Å². The van der Waals surface area contributed by atoms with Crippen LogP contribution < -0.4 is 5.32 Å². The van der Waals surface area contributed by atoms with Crippen molar-refractivity contribution in [2.75, 3.05) is 0 Å². The van der Waals surface area contributed by atoms with Crippen LogP contribution in [0, 0.1) is 0 Å². The van der Waals surface area contributed by atoms with Crippen LogP contribution in [-0.4, -0.2) is 5.91 Å². The molecule has 0 saturated carbocycles. The topological polar surface area (TPSA) is 42.2 Å². The Morgan fingerprint density at radius 2 is 2.31 bits per heavy atom. The van der Waals surface area contributed by atoms with Gasteiger partial charge in [0.05, 0.1) is 22.2 Å². The maximum Gasteiger partial charge on any atom is 0.255 e. The lowest BCUT2D eigenvalue weighted by molar-refractivity contribution is 0.0940. The summed E-state index contributed by atoms with van der Waals surface area (Å²) in [6.07, 6.45) is 2.89. The van der Waals surface area contributed by atoms with Crippen LogP contribution in [0.5, 0.6) is 0 Å². The van der Waals surface area contributed by atoms with E-state index >= 15 is 0 Å². The molecule has 3 nitrogen and oxygen atoms in total. The molecule has 1 unspecified atom stereocenters. The fraction of sp³-hybridized carbons (Fsp3) is 0.182. The number of nitrogens with one attached hydrogen (secondary N) is 1. The molecule has 2 aromatic rings. The Kier molecular flexibility index (Phi) is 3.31. The van der Waals surface area contributed by atoms with Crippen molar-refractivity contribution < 1.29 is 9.21 Å². The molecule has 0 aliphatic rings. The molecule has 1 atom stereocenters. The molecule has 0 spiro atoms. The molecular weight excluding hydrogens is 246 g/mol. The van der Waals surface area contributed by atoms with Crippen LogP contribution in [0.15, 0.2) is 35.1 Å². The van der Waals surface area contributed by atoms with Gasteiger partial charge < -0.3 is 9.73 Å². The molecule has 84 valence electrons. The zero-order valence-corrected chi connectivity index (χ0v) is 10.1. The third kappa shape index (κ3) is 2.46. The third-order valence-electron chi connectivity index (χ3n) is 2.15. The average Bonchev–Trinajstić information content (AvgIpc) is 2.87. The summed E-state index contributed by atoms with van der Waals surface area (Å²) in [7, 11) is 0. The molecule has 0 aliphatic carbocycles. The van der Waals surface area contributed by atoms with Gasteiger partial charge in [-0.2, -0.15) is 0 Å². The number of halogens is 1. The van der Waals surface area contributed by atoms with Crippen LogP contribution in [0.1, 0.15) is 28.2 Å². The highest BCUT2D eigenvalue weighted by Gasteiger charge is 2.13. The van der Waals surface area contributed by atoms with Gasteiger partial charge in [0, 0.05) is 4.88 Å². The summed E-state index contributed by atoms with van der Waals surface area (Å²) in [6, 6.07) is 5.30. The Morgan fingerprint density at radius 3 is 2.88 bits per heavy atom. The second kappa shape index (κ2) is 4.72. The second-order valence-corrected chi connectivity index (χ2v) is 5.10. The summed E-state index contributed by atoms with van der Waals surface area (Å²) >= 11 is 7.29. The Morgan fingerprint density at radius 1 is 1.50 bits per heavy atom. The first kappa shape index (κ1) is 11.2. The first-order chi connectivity index (χ1) is 7.66. The molecule has 16 heavy (non-hydrogen) atoms. The molecule has 0 aromatic carbocycles. The Bertz CT molecular complexity index is 478. The number of amides is 1. The molecular formula is C11H10ClNO2S. The van der Waals surface area contributed by atoms with E-state index in [0.717, 1.165) is 9.21 Å². The maximum atomic E-state index is 11.7. The normalized spacial score (nSPS) is 12.4. The van der Waals surface area contributed by atoms with E-state index in [9.17, 15) is 4.79 Å². The summed E-state index contributed by atoms with van der Waals surface area (Å²) in [4.78, 5) is 12.7. The van der Waals surface area contributed by atoms with Crippen LogP contribution in [-0.2, 0) is 0 Å². The Labute approximate surface area is 102 Å². The van der Waals surface area contributed by atoms with Gasteiger partial charge in [0.15, 0.2) is 0 Å². The number of carbonyl (C=O) groups is 1. The highest BCUT2D eigenvalue weighted by Crippen LogP contribution is 2.26. The van der Waals surface area contributed by atoms with Gasteiger partial charge in [-0.1, -0.05) is 11.6 Å². The van der Waals surface area contributed by atoms with Crippen molar-refractivity contribution in [1.82, 2.24) is 5.32 Å². The number of hydrogen-bond acceptors (Lipinski definition) is 3. The Hall–Kier alpha value is -1.26. The minimum absolute atomic E-state index is 0.0556. The van der Waals surface area contributed by atoms with Crippen LogP contribution in [0.2, 0.25) is 4.34 Å². The van der Waals surface area contributed by atoms with E-state index in [1.54, 1.807) is 6.07 Å². The number of carbonyl (C=O) groups excluding carboxylic acids is 1. The van der Waals surface area contributed by atoms with Gasteiger partial charge in [-0.25, -0.2) is 0 Å². The van der Waals surface area contributed by atoms with E-state index in [2.05, 4.69) is 5.32 Å². The number of furan rings is 1. The lowest BCUT2D eigenvalue weighted by Crippen LogP contribution is -2.25. The smallest absolute Gasteiger partial charge is 0.255 e. The van der Waals surface area contributed by atoms with Crippen molar-refractivity contribution in [2.24, 2.45) is 0 Å². The van der Waals surface area contributed by atoms with Crippen molar-refractivity contribution in [3.05, 3.63) is 45.5 Å². The van der Waals surface area contributed by atoms with E-state index in [1.165, 1.54) is 23.9 Å². The van der Waals surface area contributed by atoms with Crippen molar-refractivity contribution in [3.63, 3.8) is 0 Å². The fourth-order valence-corrected chi connectivity index (χ4v) is 2.37. The summed E-state index contributed by atoms with van der Waals surface area (Å²) in [5.41, 5.74) is 0.523. The molecule has 2 heterocycles. The lowest BCUT2D eigenvalue weighted by Gasteiger charge is -2.10. The highest BCUT2D eigenvalue weighted by atomic mass is 35.5. The van der Waals surface area contributed by atoms with Crippen LogP contribution in [0.25, 0.3) is 0 Å². The minimum atomic E-state index is -0.147. The van der Waals surface area contributed by atoms with E-state index in [4.69, 9.17) is 16.0 Å². The van der Waals surface area contributed by atoms with E-state index in [-0.39, 0.29) is 11.9 Å². The first-order valence-electron chi connectivity index (χ1n) is 4.75. The zero-order valence-electron chi connectivity index (χ0n) is 8.57. The third-order valence-corrected chi connectivity index (χ3v) is 3.57. The second-order valence-electron chi connectivity index (χ2n) is 3.35. The van der Waals surface area contributed by atoms with Crippen molar-refractivity contribution >= 4 is 28.8 Å². The molecule has 2 rings (SSSR count). The lowest BCUT2D eigenvalue weighted by atomic mass is 10.2. The monoisotopic (exact) mass is 255 g/mol. The molecule has 0 saturated heterocycles. The summed E-state index contributed by atoms with van der Waals surface area (Å²) in [5, 5.41) is 2.86. The van der Waals surface area contributed by atoms with Crippen molar-refractivity contribution in [2.45, 2.75) is 13.0 Å². The molecule has 0 aliphatic heterocycles. The van der Waals surface area contributed by atoms with Crippen molar-refractivity contribution in [1.29, 1.82) is 0 Å². The average molecular weight is 256 g/mol. The highest BCUT2D eigenvalue weighted by molar-refractivity contribution is 7.16. The van der Waals surface area contributed by atoms with Gasteiger partial charge >= 0.3 is 0 Å². The minimum Gasteiger partial charge on any atom is -0.472 e. The number of hydrogen-bond donors (Lipinski definition) is 1. The van der Waals surface area contributed by atoms with E-state index in [0.29, 0.717) is 5.56 Å². The van der Waals surface area contributed by atoms with Gasteiger partial charge in [-0.3, -0.25) is 4.79 Å². The molecule has 0 fully saturated rings. The number of rotatable bonds is 3. The van der Waals surface area contributed by atoms with Crippen LogP contribution >= 0.6 is 22.9 Å². The SMILES string of the molecule is CC(NC(=O)c1ccoc1)c1ccc(Cl)s1. The standard InChI is InChI=1S/C11H10ClNO2S/c1-7(9-2-3-10(12)16-9)13-11(14)8-4-5-15-6-8/h2-7H,1H3,(H,13,14). The molecule has 0 bridgehead atoms. The van der Waals surface area contributed by atoms with Crippen molar-refractivity contribution in [3.8, 4) is 0 Å². The van der Waals surface area contributed by atoms with Gasteiger partial charge in [-0.15, -0.1) is 11.3 Å². The Balaban J connectivity index is 2.03. The van der Waals surface area contributed by atoms with Crippen LogP contribution in [0.4, 0.5) is 0 Å². The van der Waals surface area contributed by atoms with E-state index < -0.39 is 0 Å². The molecule has 0 radical (unpaired) electrons. The predicted octanol–water partition coefficient (Wildman–Crippen LogP) is 3.49. The van der Waals surface area contributed by atoms with Gasteiger partial charge in [0.1, 0.15) is 6.26 Å². The first-order valence-corrected chi connectivity index (χ1v) is 5.94. The molecule has 1 amide bonds. The zero-order chi connectivity index (χ0) is 11.5. The number of thiophene rings is 1. The molecule has 1 N–H and O–H groups in total. The largest absolute Gasteiger partial charge is 0.472 e. The van der Waals surface area contributed by atoms with Gasteiger partial charge in [0.25, 0.3) is 5.91 Å².